The van der Waals surface area contributed by atoms with Crippen LogP contribution in [0.2, 0.25) is 10.0 Å². The Hall–Kier alpha value is -3.66. The first-order chi connectivity index (χ1) is 18.0. The van der Waals surface area contributed by atoms with Crippen molar-refractivity contribution in [3.8, 4) is 11.5 Å². The van der Waals surface area contributed by atoms with E-state index in [2.05, 4.69) is 15.6 Å². The van der Waals surface area contributed by atoms with Crippen LogP contribution in [0.4, 0.5) is 0 Å². The van der Waals surface area contributed by atoms with E-state index < -0.39 is 35.5 Å². The third-order valence-corrected chi connectivity index (χ3v) is 6.35. The number of esters is 1. The summed E-state index contributed by atoms with van der Waals surface area (Å²) in [7, 11) is 1.35. The van der Waals surface area contributed by atoms with Crippen LogP contribution in [-0.2, 0) is 15.2 Å². The fourth-order valence-corrected chi connectivity index (χ4v) is 4.10. The summed E-state index contributed by atoms with van der Waals surface area (Å²) in [6.07, 6.45) is 1.31. The lowest BCUT2D eigenvalue weighted by Crippen LogP contribution is -2.54. The van der Waals surface area contributed by atoms with Crippen molar-refractivity contribution in [2.45, 2.75) is 38.5 Å². The molecule has 3 rings (SSSR count). The zero-order chi connectivity index (χ0) is 28.0. The Morgan fingerprint density at radius 3 is 1.92 bits per heavy atom. The molecule has 1 heterocycles. The maximum absolute atomic E-state index is 13.1. The van der Waals surface area contributed by atoms with Crippen molar-refractivity contribution >= 4 is 41.0 Å². The fourth-order valence-electron chi connectivity index (χ4n) is 3.84. The number of halogens is 2. The minimum atomic E-state index is -1.66. The Morgan fingerprint density at radius 2 is 1.45 bits per heavy atom. The molecular weight excluding hydrogens is 533 g/mol. The first-order valence-electron chi connectivity index (χ1n) is 11.5. The van der Waals surface area contributed by atoms with E-state index in [0.29, 0.717) is 21.2 Å². The molecule has 1 aromatic heterocycles. The molecule has 0 saturated heterocycles. The summed E-state index contributed by atoms with van der Waals surface area (Å²) in [6.45, 7) is 4.28. The van der Waals surface area contributed by atoms with Crippen LogP contribution >= 0.6 is 23.2 Å². The van der Waals surface area contributed by atoms with Gasteiger partial charge in [-0.3, -0.25) is 14.4 Å². The van der Waals surface area contributed by atoms with E-state index in [-0.39, 0.29) is 17.2 Å². The lowest BCUT2D eigenvalue weighted by atomic mass is 9.80. The molecule has 3 N–H and O–H groups in total. The van der Waals surface area contributed by atoms with Gasteiger partial charge in [0, 0.05) is 29.2 Å². The monoisotopic (exact) mass is 559 g/mol. The molecule has 0 unspecified atom stereocenters. The van der Waals surface area contributed by atoms with Crippen LogP contribution < -0.4 is 20.1 Å². The highest BCUT2D eigenvalue weighted by atomic mass is 35.5. The van der Waals surface area contributed by atoms with Gasteiger partial charge >= 0.3 is 5.97 Å². The molecule has 0 radical (unpaired) electrons. The van der Waals surface area contributed by atoms with Crippen molar-refractivity contribution in [1.82, 2.24) is 15.6 Å². The minimum absolute atomic E-state index is 0.127. The zero-order valence-electron chi connectivity index (χ0n) is 21.1. The SMILES string of the molecule is COc1ccnc(C(=O)N[C@@H](C)C(=O)N[C@@H](C)C(O)(c2ccc(Cl)cc2)c2ccc(Cl)cc2)c1OC(C)=O. The second-order valence-corrected chi connectivity index (χ2v) is 9.36. The Morgan fingerprint density at radius 1 is 0.921 bits per heavy atom. The number of aromatic nitrogens is 1. The summed E-state index contributed by atoms with van der Waals surface area (Å²) in [4.78, 5) is 41.6. The third-order valence-electron chi connectivity index (χ3n) is 5.84. The molecule has 0 aliphatic heterocycles. The molecule has 0 fully saturated rings. The van der Waals surface area contributed by atoms with Gasteiger partial charge in [0.1, 0.15) is 11.6 Å². The van der Waals surface area contributed by atoms with E-state index in [1.807, 2.05) is 0 Å². The van der Waals surface area contributed by atoms with Crippen molar-refractivity contribution < 1.29 is 29.0 Å². The van der Waals surface area contributed by atoms with E-state index in [4.69, 9.17) is 32.7 Å². The first-order valence-corrected chi connectivity index (χ1v) is 12.3. The third kappa shape index (κ3) is 6.42. The van der Waals surface area contributed by atoms with Crippen molar-refractivity contribution in [3.63, 3.8) is 0 Å². The summed E-state index contributed by atoms with van der Waals surface area (Å²) in [5, 5.41) is 18.2. The quantitative estimate of drug-likeness (QED) is 0.339. The average molecular weight is 560 g/mol. The maximum Gasteiger partial charge on any atom is 0.308 e. The van der Waals surface area contributed by atoms with Crippen molar-refractivity contribution in [3.05, 3.63) is 87.7 Å². The van der Waals surface area contributed by atoms with Gasteiger partial charge in [0.15, 0.2) is 11.4 Å². The summed E-state index contributed by atoms with van der Waals surface area (Å²) in [5.41, 5.74) is -0.919. The van der Waals surface area contributed by atoms with Gasteiger partial charge in [-0.25, -0.2) is 4.98 Å². The Kier molecular flexibility index (Phi) is 9.32. The van der Waals surface area contributed by atoms with Crippen LogP contribution in [-0.4, -0.2) is 47.1 Å². The smallest absolute Gasteiger partial charge is 0.308 e. The molecule has 2 atom stereocenters. The van der Waals surface area contributed by atoms with Gasteiger partial charge in [0.25, 0.3) is 5.91 Å². The van der Waals surface area contributed by atoms with E-state index in [0.717, 1.165) is 0 Å². The summed E-state index contributed by atoms with van der Waals surface area (Å²) >= 11 is 12.1. The van der Waals surface area contributed by atoms with Gasteiger partial charge in [-0.15, -0.1) is 0 Å². The van der Waals surface area contributed by atoms with Gasteiger partial charge in [-0.1, -0.05) is 47.5 Å². The lowest BCUT2D eigenvalue weighted by molar-refractivity contribution is -0.132. The number of rotatable bonds is 9. The predicted octanol–water partition coefficient (Wildman–Crippen LogP) is 3.88. The summed E-state index contributed by atoms with van der Waals surface area (Å²) in [5.74, 6) is -2.05. The number of ether oxygens (including phenoxy) is 2. The van der Waals surface area contributed by atoms with Gasteiger partial charge in [0.05, 0.1) is 13.2 Å². The highest BCUT2D eigenvalue weighted by Crippen LogP contribution is 2.35. The van der Waals surface area contributed by atoms with Crippen LogP contribution in [0.5, 0.6) is 11.5 Å². The molecule has 0 saturated carbocycles. The average Bonchev–Trinajstić information content (AvgIpc) is 2.88. The van der Waals surface area contributed by atoms with Crippen molar-refractivity contribution in [2.24, 2.45) is 0 Å². The zero-order valence-corrected chi connectivity index (χ0v) is 22.6. The Labute approximate surface area is 230 Å². The molecule has 2 amide bonds. The van der Waals surface area contributed by atoms with Gasteiger partial charge in [-0.05, 0) is 49.2 Å². The maximum atomic E-state index is 13.1. The number of aliphatic hydroxyl groups is 1. The van der Waals surface area contributed by atoms with Gasteiger partial charge in [-0.2, -0.15) is 0 Å². The van der Waals surface area contributed by atoms with Crippen molar-refractivity contribution in [1.29, 1.82) is 0 Å². The Balaban J connectivity index is 1.83. The van der Waals surface area contributed by atoms with Gasteiger partial charge < -0.3 is 25.2 Å². The molecule has 9 nitrogen and oxygen atoms in total. The number of carbonyl (C=O) groups is 3. The number of hydrogen-bond acceptors (Lipinski definition) is 7. The van der Waals surface area contributed by atoms with Crippen LogP contribution in [0.3, 0.4) is 0 Å². The normalized spacial score (nSPS) is 12.7. The predicted molar refractivity (Wildman–Crippen MR) is 143 cm³/mol. The lowest BCUT2D eigenvalue weighted by Gasteiger charge is -2.36. The molecule has 0 aliphatic rings. The topological polar surface area (TPSA) is 127 Å². The van der Waals surface area contributed by atoms with Crippen molar-refractivity contribution in [2.75, 3.05) is 7.11 Å². The minimum Gasteiger partial charge on any atom is -0.493 e. The number of pyridine rings is 1. The standard InChI is InChI=1S/C27H27Cl2N3O6/c1-15(31-26(35)23-24(38-17(3)33)22(37-4)13-14-30-23)25(34)32-16(2)27(36,18-5-9-20(28)10-6-18)19-7-11-21(29)12-8-19/h5-16,36H,1-4H3,(H,31,35)(H,32,34)/t15-,16-/m0/s1. The molecule has 0 aliphatic carbocycles. The highest BCUT2D eigenvalue weighted by molar-refractivity contribution is 6.30. The van der Waals surface area contributed by atoms with Crippen LogP contribution in [0.15, 0.2) is 60.8 Å². The number of nitrogens with zero attached hydrogens (tertiary/aromatic N) is 1. The van der Waals surface area contributed by atoms with Gasteiger partial charge in [0.2, 0.25) is 11.7 Å². The molecule has 200 valence electrons. The fraction of sp³-hybridized carbons (Fsp3) is 0.259. The number of benzene rings is 2. The largest absolute Gasteiger partial charge is 0.493 e. The molecule has 2 aromatic carbocycles. The van der Waals surface area contributed by atoms with E-state index >= 15 is 0 Å². The number of carbonyl (C=O) groups excluding carboxylic acids is 3. The molecule has 11 heteroatoms. The first kappa shape index (κ1) is 28.9. The highest BCUT2D eigenvalue weighted by Gasteiger charge is 2.39. The van der Waals surface area contributed by atoms with E-state index in [1.54, 1.807) is 55.5 Å². The second-order valence-electron chi connectivity index (χ2n) is 8.49. The number of hydrogen-bond donors (Lipinski definition) is 3. The second kappa shape index (κ2) is 12.3. The molecule has 0 spiro atoms. The summed E-state index contributed by atoms with van der Waals surface area (Å²) in [6, 6.07) is 12.7. The molecule has 38 heavy (non-hydrogen) atoms. The number of nitrogens with one attached hydrogen (secondary N) is 2. The number of amides is 2. The molecule has 3 aromatic rings. The van der Waals surface area contributed by atoms with E-state index in [1.165, 1.54) is 33.2 Å². The molecule has 0 bridgehead atoms. The van der Waals surface area contributed by atoms with Crippen LogP contribution in [0.25, 0.3) is 0 Å². The molecular formula is C27H27Cl2N3O6. The Bertz CT molecular complexity index is 1270. The van der Waals surface area contributed by atoms with Crippen LogP contribution in [0.1, 0.15) is 42.4 Å². The van der Waals surface area contributed by atoms with Crippen LogP contribution in [0, 0.1) is 0 Å². The van der Waals surface area contributed by atoms with E-state index in [9.17, 15) is 19.5 Å². The summed E-state index contributed by atoms with van der Waals surface area (Å²) < 4.78 is 10.3. The number of methoxy groups -OCH3 is 1.